The molecule has 2 aromatic rings. The van der Waals surface area contributed by atoms with Crippen molar-refractivity contribution in [1.82, 2.24) is 9.97 Å². The molecule has 2 aromatic heterocycles. The molecule has 0 aliphatic carbocycles. The van der Waals surface area contributed by atoms with Crippen LogP contribution in [0.15, 0.2) is 46.6 Å². The maximum Gasteiger partial charge on any atom is 0.119 e. The smallest absolute Gasteiger partial charge is 0.119 e. The highest BCUT2D eigenvalue weighted by molar-refractivity contribution is 7.99. The maximum atomic E-state index is 9.35. The molecule has 0 fully saturated rings. The van der Waals surface area contributed by atoms with Crippen molar-refractivity contribution < 1.29 is 5.11 Å². The minimum atomic E-state index is -0.549. The number of nitrogens with zero attached hydrogens (tertiary/aromatic N) is 2. The Bertz CT molecular complexity index is 502. The fourth-order valence-electron chi connectivity index (χ4n) is 1.26. The Kier molecular flexibility index (Phi) is 3.99. The molecule has 0 saturated heterocycles. The topological polar surface area (TPSA) is 46.0 Å². The zero-order valence-corrected chi connectivity index (χ0v) is 10.7. The first kappa shape index (κ1) is 12.4. The fraction of sp³-hybridized carbons (Fsp3) is 0.167. The standard InChI is InChI=1S/C12H11ClN2OS/c1-8(16)11-5-4-9(7-15-11)17-12-10(13)3-2-6-14-12/h2-8,16H,1H3/t8-/m1/s1. The molecule has 0 aliphatic rings. The van der Waals surface area contributed by atoms with Gasteiger partial charge in [0, 0.05) is 17.3 Å². The third-order valence-corrected chi connectivity index (χ3v) is 3.54. The highest BCUT2D eigenvalue weighted by atomic mass is 35.5. The van der Waals surface area contributed by atoms with Crippen LogP contribution in [0.5, 0.6) is 0 Å². The first-order chi connectivity index (χ1) is 8.16. The van der Waals surface area contributed by atoms with Crippen LogP contribution in [-0.4, -0.2) is 15.1 Å². The van der Waals surface area contributed by atoms with Crippen molar-refractivity contribution in [3.63, 3.8) is 0 Å². The normalized spacial score (nSPS) is 12.4. The molecular formula is C12H11ClN2OS. The van der Waals surface area contributed by atoms with E-state index in [0.29, 0.717) is 10.7 Å². The molecule has 17 heavy (non-hydrogen) atoms. The summed E-state index contributed by atoms with van der Waals surface area (Å²) in [7, 11) is 0. The highest BCUT2D eigenvalue weighted by Gasteiger charge is 2.05. The van der Waals surface area contributed by atoms with Gasteiger partial charge >= 0.3 is 0 Å². The second-order valence-corrected chi connectivity index (χ2v) is 4.96. The van der Waals surface area contributed by atoms with E-state index in [1.807, 2.05) is 6.07 Å². The largest absolute Gasteiger partial charge is 0.387 e. The Morgan fingerprint density at radius 3 is 2.71 bits per heavy atom. The van der Waals surface area contributed by atoms with Crippen LogP contribution in [0.1, 0.15) is 18.7 Å². The van der Waals surface area contributed by atoms with E-state index in [0.717, 1.165) is 9.92 Å². The van der Waals surface area contributed by atoms with Gasteiger partial charge in [-0.15, -0.1) is 0 Å². The minimum absolute atomic E-state index is 0.549. The Balaban J connectivity index is 2.17. The van der Waals surface area contributed by atoms with E-state index in [2.05, 4.69) is 9.97 Å². The van der Waals surface area contributed by atoms with Crippen LogP contribution in [0, 0.1) is 0 Å². The maximum absolute atomic E-state index is 9.35. The van der Waals surface area contributed by atoms with Gasteiger partial charge < -0.3 is 5.11 Å². The molecule has 0 spiro atoms. The number of pyridine rings is 2. The number of halogens is 1. The third-order valence-electron chi connectivity index (χ3n) is 2.13. The van der Waals surface area contributed by atoms with Gasteiger partial charge in [-0.2, -0.15) is 0 Å². The van der Waals surface area contributed by atoms with Crippen molar-refractivity contribution in [2.75, 3.05) is 0 Å². The van der Waals surface area contributed by atoms with Gasteiger partial charge in [-0.25, -0.2) is 4.98 Å². The van der Waals surface area contributed by atoms with E-state index >= 15 is 0 Å². The van der Waals surface area contributed by atoms with Gasteiger partial charge in [-0.1, -0.05) is 23.4 Å². The molecule has 5 heteroatoms. The van der Waals surface area contributed by atoms with Crippen LogP contribution >= 0.6 is 23.4 Å². The SMILES string of the molecule is C[C@@H](O)c1ccc(Sc2ncccc2Cl)cn1. The molecule has 0 bridgehead atoms. The molecule has 0 aliphatic heterocycles. The van der Waals surface area contributed by atoms with Crippen LogP contribution in [0.4, 0.5) is 0 Å². The summed E-state index contributed by atoms with van der Waals surface area (Å²) in [6.07, 6.45) is 2.86. The Morgan fingerprint density at radius 1 is 1.29 bits per heavy atom. The predicted octanol–water partition coefficient (Wildman–Crippen LogP) is 3.33. The molecule has 0 radical (unpaired) electrons. The second-order valence-electron chi connectivity index (χ2n) is 3.49. The third kappa shape index (κ3) is 3.19. The number of aromatic nitrogens is 2. The van der Waals surface area contributed by atoms with Crippen molar-refractivity contribution >= 4 is 23.4 Å². The Morgan fingerprint density at radius 2 is 2.12 bits per heavy atom. The molecule has 0 amide bonds. The average molecular weight is 267 g/mol. The molecule has 0 unspecified atom stereocenters. The van der Waals surface area contributed by atoms with Crippen molar-refractivity contribution in [3.8, 4) is 0 Å². The molecule has 2 rings (SSSR count). The van der Waals surface area contributed by atoms with Gasteiger partial charge in [0.15, 0.2) is 0 Å². The molecular weight excluding hydrogens is 256 g/mol. The quantitative estimate of drug-likeness (QED) is 0.926. The number of aliphatic hydroxyl groups is 1. The monoisotopic (exact) mass is 266 g/mol. The van der Waals surface area contributed by atoms with Crippen LogP contribution in [-0.2, 0) is 0 Å². The van der Waals surface area contributed by atoms with Gasteiger partial charge in [-0.05, 0) is 31.2 Å². The number of hydrogen-bond acceptors (Lipinski definition) is 4. The van der Waals surface area contributed by atoms with Gasteiger partial charge in [0.1, 0.15) is 5.03 Å². The van der Waals surface area contributed by atoms with Crippen molar-refractivity contribution in [1.29, 1.82) is 0 Å². The molecule has 3 nitrogen and oxygen atoms in total. The molecule has 2 heterocycles. The fourth-order valence-corrected chi connectivity index (χ4v) is 2.24. The summed E-state index contributed by atoms with van der Waals surface area (Å²) < 4.78 is 0. The lowest BCUT2D eigenvalue weighted by atomic mass is 10.2. The number of hydrogen-bond donors (Lipinski definition) is 1. The van der Waals surface area contributed by atoms with E-state index in [-0.39, 0.29) is 0 Å². The van der Waals surface area contributed by atoms with Crippen LogP contribution < -0.4 is 0 Å². The van der Waals surface area contributed by atoms with E-state index in [1.165, 1.54) is 11.8 Å². The van der Waals surface area contributed by atoms with E-state index in [9.17, 15) is 5.11 Å². The summed E-state index contributed by atoms with van der Waals surface area (Å²) in [4.78, 5) is 9.29. The molecule has 0 aromatic carbocycles. The van der Waals surface area contributed by atoms with Crippen molar-refractivity contribution in [2.45, 2.75) is 22.9 Å². The second kappa shape index (κ2) is 5.49. The summed E-state index contributed by atoms with van der Waals surface area (Å²) in [5, 5.41) is 10.7. The summed E-state index contributed by atoms with van der Waals surface area (Å²) in [6, 6.07) is 7.28. The summed E-state index contributed by atoms with van der Waals surface area (Å²) >= 11 is 7.46. The van der Waals surface area contributed by atoms with Gasteiger partial charge in [0.2, 0.25) is 0 Å². The number of rotatable bonds is 3. The van der Waals surface area contributed by atoms with E-state index in [1.54, 1.807) is 37.5 Å². The zero-order valence-electron chi connectivity index (χ0n) is 9.17. The van der Waals surface area contributed by atoms with Gasteiger partial charge in [0.05, 0.1) is 16.8 Å². The van der Waals surface area contributed by atoms with Crippen LogP contribution in [0.3, 0.4) is 0 Å². The Hall–Kier alpha value is -1.10. The van der Waals surface area contributed by atoms with Crippen LogP contribution in [0.25, 0.3) is 0 Å². The average Bonchev–Trinajstić information content (AvgIpc) is 2.33. The first-order valence-electron chi connectivity index (χ1n) is 5.09. The summed E-state index contributed by atoms with van der Waals surface area (Å²) in [5.41, 5.74) is 0.654. The first-order valence-corrected chi connectivity index (χ1v) is 6.28. The molecule has 1 atom stereocenters. The number of aliphatic hydroxyl groups excluding tert-OH is 1. The summed E-state index contributed by atoms with van der Waals surface area (Å²) in [5.74, 6) is 0. The highest BCUT2D eigenvalue weighted by Crippen LogP contribution is 2.30. The molecule has 0 saturated carbocycles. The van der Waals surface area contributed by atoms with Crippen molar-refractivity contribution in [2.24, 2.45) is 0 Å². The molecule has 1 N–H and O–H groups in total. The lowest BCUT2D eigenvalue weighted by Crippen LogP contribution is -1.94. The van der Waals surface area contributed by atoms with Gasteiger partial charge in [-0.3, -0.25) is 4.98 Å². The minimum Gasteiger partial charge on any atom is -0.387 e. The van der Waals surface area contributed by atoms with Crippen molar-refractivity contribution in [3.05, 3.63) is 47.4 Å². The van der Waals surface area contributed by atoms with E-state index < -0.39 is 6.10 Å². The zero-order chi connectivity index (χ0) is 12.3. The van der Waals surface area contributed by atoms with E-state index in [4.69, 9.17) is 11.6 Å². The lowest BCUT2D eigenvalue weighted by Gasteiger charge is -2.05. The van der Waals surface area contributed by atoms with Crippen LogP contribution in [0.2, 0.25) is 5.02 Å². The predicted molar refractivity (Wildman–Crippen MR) is 68.2 cm³/mol. The summed E-state index contributed by atoms with van der Waals surface area (Å²) in [6.45, 7) is 1.69. The molecule has 88 valence electrons. The lowest BCUT2D eigenvalue weighted by molar-refractivity contribution is 0.194. The Labute approximate surface area is 109 Å². The van der Waals surface area contributed by atoms with Gasteiger partial charge in [0.25, 0.3) is 0 Å².